The number of aromatic nitrogens is 2. The Hall–Kier alpha value is -7.37. The lowest BCUT2D eigenvalue weighted by Gasteiger charge is -2.40. The molecule has 1 aliphatic heterocycles. The zero-order chi connectivity index (χ0) is 41.5. The molecule has 0 saturated carbocycles. The normalized spacial score (nSPS) is 14.7. The molecule has 0 saturated heterocycles. The van der Waals surface area contributed by atoms with Gasteiger partial charge in [-0.2, -0.15) is 0 Å². The topological polar surface area (TPSA) is 25.8 Å². The van der Waals surface area contributed by atoms with Gasteiger partial charge < -0.3 is 0 Å². The number of thiophene rings is 1. The maximum Gasteiger partial charge on any atom is 0.160 e. The third kappa shape index (κ3) is 5.72. The van der Waals surface area contributed by atoms with Gasteiger partial charge in [-0.25, -0.2) is 9.97 Å². The van der Waals surface area contributed by atoms with Crippen LogP contribution in [0.5, 0.6) is 0 Å². The van der Waals surface area contributed by atoms with E-state index in [0.29, 0.717) is 5.82 Å². The molecule has 1 spiro atoms. The van der Waals surface area contributed by atoms with Crippen LogP contribution in [0.3, 0.4) is 0 Å². The lowest BCUT2D eigenvalue weighted by atomic mass is 9.67. The molecule has 0 N–H and O–H groups in total. The van der Waals surface area contributed by atoms with E-state index in [2.05, 4.69) is 194 Å². The fourth-order valence-corrected chi connectivity index (χ4v) is 12.4. The van der Waals surface area contributed by atoms with Gasteiger partial charge in [-0.3, -0.25) is 0 Å². The summed E-state index contributed by atoms with van der Waals surface area (Å²) in [6.45, 7) is 0. The third-order valence-electron chi connectivity index (χ3n) is 13.0. The first-order valence-electron chi connectivity index (χ1n) is 21.4. The van der Waals surface area contributed by atoms with Crippen molar-refractivity contribution >= 4 is 43.3 Å². The van der Waals surface area contributed by atoms with Crippen molar-refractivity contribution in [1.82, 2.24) is 9.97 Å². The second-order valence-corrected chi connectivity index (χ2v) is 18.6. The molecule has 2 aliphatic rings. The first kappa shape index (κ1) is 36.3. The van der Waals surface area contributed by atoms with Crippen LogP contribution >= 0.6 is 23.1 Å². The largest absolute Gasteiger partial charge is 0.228 e. The molecule has 0 bridgehead atoms. The number of rotatable bonds is 5. The van der Waals surface area contributed by atoms with Gasteiger partial charge in [0.2, 0.25) is 0 Å². The summed E-state index contributed by atoms with van der Waals surface area (Å²) < 4.78 is 2.67. The van der Waals surface area contributed by atoms with Gasteiger partial charge in [-0.15, -0.1) is 11.3 Å². The van der Waals surface area contributed by atoms with E-state index in [-0.39, 0.29) is 0 Å². The second-order valence-electron chi connectivity index (χ2n) is 16.5. The van der Waals surface area contributed by atoms with Gasteiger partial charge in [-0.1, -0.05) is 176 Å². The van der Waals surface area contributed by atoms with Gasteiger partial charge >= 0.3 is 0 Å². The van der Waals surface area contributed by atoms with Crippen molar-refractivity contribution in [2.75, 3.05) is 0 Å². The van der Waals surface area contributed by atoms with Crippen LogP contribution in [0.1, 0.15) is 22.3 Å². The summed E-state index contributed by atoms with van der Waals surface area (Å²) in [7, 11) is 0. The first-order chi connectivity index (χ1) is 31.2. The standard InChI is InChI=1S/C59H36N2S2/c1-3-15-37(16-4-1)52-36-53(61-58(60-52)38-17-5-2-6-18-38)43-22-14-21-41(32-43)39-19-13-20-40(31-39)42-29-30-56-51(33-42)59(49-26-10-12-28-55(49)63-56)48-25-9-7-23-44(48)46-35-57-47(34-50(46)59)45-24-8-11-27-54(45)62-57/h1-36H. The average Bonchev–Trinajstić information content (AvgIpc) is 3.86. The van der Waals surface area contributed by atoms with Crippen LogP contribution < -0.4 is 0 Å². The number of fused-ring (bicyclic) bond motifs is 12. The smallest absolute Gasteiger partial charge is 0.160 e. The molecule has 11 aromatic rings. The lowest BCUT2D eigenvalue weighted by molar-refractivity contribution is 0.724. The molecular formula is C59H36N2S2. The molecule has 0 fully saturated rings. The molecule has 13 rings (SSSR count). The van der Waals surface area contributed by atoms with Crippen LogP contribution in [0.25, 0.3) is 87.5 Å². The minimum Gasteiger partial charge on any atom is -0.228 e. The lowest BCUT2D eigenvalue weighted by Crippen LogP contribution is -2.32. The van der Waals surface area contributed by atoms with Gasteiger partial charge in [-0.05, 0) is 110 Å². The molecule has 0 amide bonds. The molecule has 63 heavy (non-hydrogen) atoms. The third-order valence-corrected chi connectivity index (χ3v) is 15.2. The van der Waals surface area contributed by atoms with Gasteiger partial charge in [0.1, 0.15) is 0 Å². The molecule has 9 aromatic carbocycles. The summed E-state index contributed by atoms with van der Waals surface area (Å²) in [5.74, 6) is 0.714. The van der Waals surface area contributed by atoms with Crippen molar-refractivity contribution in [3.63, 3.8) is 0 Å². The summed E-state index contributed by atoms with van der Waals surface area (Å²) in [5.41, 5.74) is 17.2. The van der Waals surface area contributed by atoms with E-state index >= 15 is 0 Å². The Morgan fingerprint density at radius 1 is 0.317 bits per heavy atom. The summed E-state index contributed by atoms with van der Waals surface area (Å²) in [5, 5.41) is 2.66. The number of hydrogen-bond acceptors (Lipinski definition) is 4. The van der Waals surface area contributed by atoms with Crippen LogP contribution in [0.2, 0.25) is 0 Å². The molecule has 2 nitrogen and oxygen atoms in total. The minimum absolute atomic E-state index is 0.475. The Kier molecular flexibility index (Phi) is 8.27. The highest BCUT2D eigenvalue weighted by Crippen LogP contribution is 2.63. The van der Waals surface area contributed by atoms with Gasteiger partial charge in [0.25, 0.3) is 0 Å². The SMILES string of the molecule is c1ccc(-c2cc(-c3cccc(-c4cccc(-c5ccc6c(c5)C5(c7ccccc7S6)c6ccccc6-c6cc7sc8ccccc8c7cc65)c4)c3)nc(-c3ccccc3)n2)cc1. The van der Waals surface area contributed by atoms with Crippen molar-refractivity contribution in [1.29, 1.82) is 0 Å². The molecule has 294 valence electrons. The zero-order valence-corrected chi connectivity index (χ0v) is 35.6. The number of nitrogens with zero attached hydrogens (tertiary/aromatic N) is 2. The van der Waals surface area contributed by atoms with E-state index < -0.39 is 5.41 Å². The predicted octanol–water partition coefficient (Wildman–Crippen LogP) is 16.0. The second kappa shape index (κ2) is 14.4. The highest BCUT2D eigenvalue weighted by atomic mass is 32.2. The van der Waals surface area contributed by atoms with Crippen molar-refractivity contribution in [3.8, 4) is 67.3 Å². The van der Waals surface area contributed by atoms with E-state index in [1.54, 1.807) is 0 Å². The maximum atomic E-state index is 5.14. The van der Waals surface area contributed by atoms with Crippen molar-refractivity contribution in [2.45, 2.75) is 15.2 Å². The summed E-state index contributed by atoms with van der Waals surface area (Å²) in [6, 6.07) is 79.8. The molecule has 1 atom stereocenters. The Bertz CT molecular complexity index is 3550. The first-order valence-corrected chi connectivity index (χ1v) is 23.0. The summed E-state index contributed by atoms with van der Waals surface area (Å²) >= 11 is 3.79. The van der Waals surface area contributed by atoms with E-state index in [4.69, 9.17) is 9.97 Å². The highest BCUT2D eigenvalue weighted by molar-refractivity contribution is 7.99. The van der Waals surface area contributed by atoms with E-state index in [1.165, 1.54) is 74.5 Å². The van der Waals surface area contributed by atoms with Crippen molar-refractivity contribution < 1.29 is 0 Å². The summed E-state index contributed by atoms with van der Waals surface area (Å²) in [4.78, 5) is 12.8. The van der Waals surface area contributed by atoms with Crippen LogP contribution in [-0.2, 0) is 5.41 Å². The molecule has 0 radical (unpaired) electrons. The van der Waals surface area contributed by atoms with Gasteiger partial charge in [0.15, 0.2) is 5.82 Å². The van der Waals surface area contributed by atoms with Crippen molar-refractivity contribution in [3.05, 3.63) is 241 Å². The fourth-order valence-electron chi connectivity index (χ4n) is 10.1. The molecule has 1 unspecified atom stereocenters. The Labute approximate surface area is 374 Å². The predicted molar refractivity (Wildman–Crippen MR) is 264 cm³/mol. The molecule has 1 aliphatic carbocycles. The molecule has 2 aromatic heterocycles. The Balaban J connectivity index is 0.955. The monoisotopic (exact) mass is 836 g/mol. The zero-order valence-electron chi connectivity index (χ0n) is 34.0. The maximum absolute atomic E-state index is 5.14. The van der Waals surface area contributed by atoms with Crippen LogP contribution in [0, 0.1) is 0 Å². The average molecular weight is 837 g/mol. The van der Waals surface area contributed by atoms with E-state index in [0.717, 1.165) is 39.2 Å². The number of benzene rings is 9. The number of hydrogen-bond donors (Lipinski definition) is 0. The minimum atomic E-state index is -0.475. The van der Waals surface area contributed by atoms with Crippen LogP contribution in [0.4, 0.5) is 0 Å². The van der Waals surface area contributed by atoms with Crippen molar-refractivity contribution in [2.24, 2.45) is 0 Å². The van der Waals surface area contributed by atoms with E-state index in [1.807, 2.05) is 47.4 Å². The molecule has 3 heterocycles. The van der Waals surface area contributed by atoms with Gasteiger partial charge in [0.05, 0.1) is 16.8 Å². The molecule has 4 heteroatoms. The highest BCUT2D eigenvalue weighted by Gasteiger charge is 2.50. The van der Waals surface area contributed by atoms with E-state index in [9.17, 15) is 0 Å². The Morgan fingerprint density at radius 2 is 0.905 bits per heavy atom. The van der Waals surface area contributed by atoms with Crippen LogP contribution in [0.15, 0.2) is 228 Å². The summed E-state index contributed by atoms with van der Waals surface area (Å²) in [6.07, 6.45) is 0. The molecular weight excluding hydrogens is 801 g/mol. The quantitative estimate of drug-likeness (QED) is 0.173. The Morgan fingerprint density at radius 3 is 1.70 bits per heavy atom. The van der Waals surface area contributed by atoms with Crippen LogP contribution in [-0.4, -0.2) is 9.97 Å². The fraction of sp³-hybridized carbons (Fsp3) is 0.0169. The van der Waals surface area contributed by atoms with Gasteiger partial charge in [0, 0.05) is 46.7 Å².